The maximum atomic E-state index is 10.6. The van der Waals surface area contributed by atoms with Gasteiger partial charge in [0.05, 0.1) is 16.2 Å². The van der Waals surface area contributed by atoms with Crippen molar-refractivity contribution in [3.63, 3.8) is 0 Å². The van der Waals surface area contributed by atoms with Crippen LogP contribution in [0.25, 0.3) is 0 Å². The molecule has 0 aliphatic carbocycles. The van der Waals surface area contributed by atoms with Gasteiger partial charge in [-0.15, -0.1) is 0 Å². The first-order valence-corrected chi connectivity index (χ1v) is 4.30. The molecular weight excluding hydrogens is 271 g/mol. The average Bonchev–Trinajstić information content (AvgIpc) is 2.04. The second-order valence-corrected chi connectivity index (χ2v) is 3.21. The highest BCUT2D eigenvalue weighted by molar-refractivity contribution is 14.1. The zero-order valence-electron chi connectivity index (χ0n) is 6.37. The summed E-state index contributed by atoms with van der Waals surface area (Å²) in [7, 11) is 1.52. The molecule has 0 aliphatic rings. The van der Waals surface area contributed by atoms with Crippen molar-refractivity contribution in [2.24, 2.45) is 0 Å². The third-order valence-corrected chi connectivity index (χ3v) is 2.53. The molecule has 0 aliphatic heterocycles. The number of carboxylic acid groups (broad SMARTS) is 1. The summed E-state index contributed by atoms with van der Waals surface area (Å²) in [6.45, 7) is 0. The summed E-state index contributed by atoms with van der Waals surface area (Å²) in [5, 5.41) is 8.73. The van der Waals surface area contributed by atoms with Crippen molar-refractivity contribution in [2.45, 2.75) is 0 Å². The van der Waals surface area contributed by atoms with Crippen LogP contribution in [0.1, 0.15) is 10.4 Å². The molecule has 64 valence electrons. The van der Waals surface area contributed by atoms with Gasteiger partial charge in [-0.05, 0) is 34.7 Å². The molecule has 1 aromatic carbocycles. The number of ether oxygens (including phenoxy) is 1. The van der Waals surface area contributed by atoms with Crippen molar-refractivity contribution in [2.75, 3.05) is 7.11 Å². The third-order valence-electron chi connectivity index (χ3n) is 1.41. The summed E-state index contributed by atoms with van der Waals surface area (Å²) in [5.74, 6) is -0.339. The quantitative estimate of drug-likeness (QED) is 0.841. The van der Waals surface area contributed by atoms with E-state index >= 15 is 0 Å². The molecule has 1 rings (SSSR count). The van der Waals surface area contributed by atoms with E-state index in [1.54, 1.807) is 18.2 Å². The molecule has 1 N–H and O–H groups in total. The zero-order valence-corrected chi connectivity index (χ0v) is 8.53. The topological polar surface area (TPSA) is 46.5 Å². The molecule has 0 fully saturated rings. The molecular formula is C8H7IO3. The van der Waals surface area contributed by atoms with Gasteiger partial charge in [0, 0.05) is 0 Å². The van der Waals surface area contributed by atoms with Gasteiger partial charge in [0.2, 0.25) is 0 Å². The van der Waals surface area contributed by atoms with Crippen LogP contribution in [-0.4, -0.2) is 18.2 Å². The Hall–Kier alpha value is -0.780. The van der Waals surface area contributed by atoms with Gasteiger partial charge in [-0.3, -0.25) is 0 Å². The number of carboxylic acids is 1. The number of aromatic carboxylic acids is 1. The molecule has 0 amide bonds. The van der Waals surface area contributed by atoms with Crippen LogP contribution in [0, 0.1) is 3.57 Å². The highest BCUT2D eigenvalue weighted by Crippen LogP contribution is 2.23. The highest BCUT2D eigenvalue weighted by atomic mass is 127. The van der Waals surface area contributed by atoms with Crippen LogP contribution in [0.4, 0.5) is 0 Å². The van der Waals surface area contributed by atoms with E-state index in [1.165, 1.54) is 7.11 Å². The lowest BCUT2D eigenvalue weighted by Gasteiger charge is -2.04. The minimum Gasteiger partial charge on any atom is -0.496 e. The van der Waals surface area contributed by atoms with E-state index in [9.17, 15) is 4.79 Å². The van der Waals surface area contributed by atoms with Gasteiger partial charge in [0.25, 0.3) is 0 Å². The fraction of sp³-hybridized carbons (Fsp3) is 0.125. The number of hydrogen-bond donors (Lipinski definition) is 1. The van der Waals surface area contributed by atoms with Crippen LogP contribution >= 0.6 is 22.6 Å². The standard InChI is InChI=1S/C8H7IO3/c1-12-6-4-2-3-5(7(6)9)8(10)11/h2-4H,1H3,(H,10,11). The summed E-state index contributed by atoms with van der Waals surface area (Å²) in [4.78, 5) is 10.6. The number of benzene rings is 1. The van der Waals surface area contributed by atoms with Crippen molar-refractivity contribution in [3.05, 3.63) is 27.3 Å². The van der Waals surface area contributed by atoms with Crippen LogP contribution in [0.15, 0.2) is 18.2 Å². The summed E-state index contributed by atoms with van der Waals surface area (Å²) in [6.07, 6.45) is 0. The molecule has 0 bridgehead atoms. The molecule has 0 spiro atoms. The summed E-state index contributed by atoms with van der Waals surface area (Å²) < 4.78 is 5.59. The molecule has 4 heteroatoms. The summed E-state index contributed by atoms with van der Waals surface area (Å²) in [5.41, 5.74) is 0.273. The lowest BCUT2D eigenvalue weighted by atomic mass is 10.2. The van der Waals surface area contributed by atoms with Gasteiger partial charge in [0.15, 0.2) is 0 Å². The lowest BCUT2D eigenvalue weighted by molar-refractivity contribution is 0.0695. The minimum absolute atomic E-state index is 0.273. The Morgan fingerprint density at radius 2 is 2.25 bits per heavy atom. The lowest BCUT2D eigenvalue weighted by Crippen LogP contribution is -2.00. The molecule has 0 saturated heterocycles. The maximum absolute atomic E-state index is 10.6. The Morgan fingerprint density at radius 3 is 2.75 bits per heavy atom. The Morgan fingerprint density at radius 1 is 1.58 bits per heavy atom. The average molecular weight is 278 g/mol. The fourth-order valence-corrected chi connectivity index (χ4v) is 1.64. The second kappa shape index (κ2) is 3.75. The third kappa shape index (κ3) is 1.69. The van der Waals surface area contributed by atoms with Crippen molar-refractivity contribution < 1.29 is 14.6 Å². The van der Waals surface area contributed by atoms with Gasteiger partial charge in [-0.2, -0.15) is 0 Å². The van der Waals surface area contributed by atoms with Crippen LogP contribution < -0.4 is 4.74 Å². The fourth-order valence-electron chi connectivity index (χ4n) is 0.834. The van der Waals surface area contributed by atoms with Crippen LogP contribution in [0.5, 0.6) is 5.75 Å². The summed E-state index contributed by atoms with van der Waals surface area (Å²) in [6, 6.07) is 4.94. The predicted molar refractivity (Wildman–Crippen MR) is 52.7 cm³/mol. The van der Waals surface area contributed by atoms with Crippen LogP contribution in [0.2, 0.25) is 0 Å². The van der Waals surface area contributed by atoms with Gasteiger partial charge in [-0.1, -0.05) is 6.07 Å². The van der Waals surface area contributed by atoms with Gasteiger partial charge in [0.1, 0.15) is 5.75 Å². The van der Waals surface area contributed by atoms with Crippen molar-refractivity contribution >= 4 is 28.6 Å². The van der Waals surface area contributed by atoms with E-state index in [0.29, 0.717) is 9.32 Å². The number of carbonyl (C=O) groups is 1. The smallest absolute Gasteiger partial charge is 0.336 e. The number of halogens is 1. The van der Waals surface area contributed by atoms with Crippen molar-refractivity contribution in [1.29, 1.82) is 0 Å². The van der Waals surface area contributed by atoms with Crippen LogP contribution in [-0.2, 0) is 0 Å². The van der Waals surface area contributed by atoms with Crippen LogP contribution in [0.3, 0.4) is 0 Å². The van der Waals surface area contributed by atoms with E-state index < -0.39 is 5.97 Å². The normalized spacial score (nSPS) is 9.50. The molecule has 3 nitrogen and oxygen atoms in total. The molecule has 0 atom stereocenters. The van der Waals surface area contributed by atoms with E-state index in [0.717, 1.165) is 0 Å². The largest absolute Gasteiger partial charge is 0.496 e. The monoisotopic (exact) mass is 278 g/mol. The SMILES string of the molecule is COc1cccc(C(=O)O)c1I. The zero-order chi connectivity index (χ0) is 9.14. The number of hydrogen-bond acceptors (Lipinski definition) is 2. The van der Waals surface area contributed by atoms with E-state index in [4.69, 9.17) is 9.84 Å². The Kier molecular flexibility index (Phi) is 2.91. The highest BCUT2D eigenvalue weighted by Gasteiger charge is 2.10. The van der Waals surface area contributed by atoms with Crippen molar-refractivity contribution in [1.82, 2.24) is 0 Å². The minimum atomic E-state index is -0.932. The summed E-state index contributed by atoms with van der Waals surface area (Å²) >= 11 is 1.95. The molecule has 0 unspecified atom stereocenters. The van der Waals surface area contributed by atoms with Crippen molar-refractivity contribution in [3.8, 4) is 5.75 Å². The first-order valence-electron chi connectivity index (χ1n) is 3.22. The van der Waals surface area contributed by atoms with Gasteiger partial charge in [-0.25, -0.2) is 4.79 Å². The Balaban J connectivity index is 3.23. The van der Waals surface area contributed by atoms with Gasteiger partial charge < -0.3 is 9.84 Å². The molecule has 0 saturated carbocycles. The Labute approximate surface area is 83.5 Å². The molecule has 0 aromatic heterocycles. The molecule has 12 heavy (non-hydrogen) atoms. The first kappa shape index (κ1) is 9.31. The first-order chi connectivity index (χ1) is 5.66. The number of rotatable bonds is 2. The predicted octanol–water partition coefficient (Wildman–Crippen LogP) is 2.00. The molecule has 0 heterocycles. The van der Waals surface area contributed by atoms with E-state index in [-0.39, 0.29) is 5.56 Å². The molecule has 0 radical (unpaired) electrons. The van der Waals surface area contributed by atoms with E-state index in [2.05, 4.69) is 0 Å². The van der Waals surface area contributed by atoms with Gasteiger partial charge >= 0.3 is 5.97 Å². The van der Waals surface area contributed by atoms with E-state index in [1.807, 2.05) is 22.6 Å². The molecule has 1 aromatic rings. The maximum Gasteiger partial charge on any atom is 0.336 e. The second-order valence-electron chi connectivity index (χ2n) is 2.13. The number of methoxy groups -OCH3 is 1. The Bertz CT molecular complexity index is 309.